The summed E-state index contributed by atoms with van der Waals surface area (Å²) in [6.07, 6.45) is -3.17. The number of hydrogen-bond donors (Lipinski definition) is 1. The van der Waals surface area contributed by atoms with Gasteiger partial charge in [0, 0.05) is 19.8 Å². The van der Waals surface area contributed by atoms with Gasteiger partial charge in [0.25, 0.3) is 5.91 Å². The van der Waals surface area contributed by atoms with E-state index in [2.05, 4.69) is 0 Å². The van der Waals surface area contributed by atoms with E-state index in [1.165, 1.54) is 30.3 Å². The van der Waals surface area contributed by atoms with Gasteiger partial charge < -0.3 is 14.6 Å². The maximum Gasteiger partial charge on any atom is 0.406 e. The summed E-state index contributed by atoms with van der Waals surface area (Å²) < 4.78 is 37.5. The second-order valence-electron chi connectivity index (χ2n) is 3.59. The number of carbonyl (C=O) groups excluding carboxylic acids is 1. The van der Waals surface area contributed by atoms with Crippen LogP contribution < -0.4 is 0 Å². The summed E-state index contributed by atoms with van der Waals surface area (Å²) in [6.45, 7) is -1.35. The fraction of sp³-hybridized carbons (Fsp3) is 0.500. The van der Waals surface area contributed by atoms with E-state index < -0.39 is 18.6 Å². The molecule has 0 aliphatic carbocycles. The summed E-state index contributed by atoms with van der Waals surface area (Å²) in [6, 6.07) is 2.70. The van der Waals surface area contributed by atoms with Gasteiger partial charge in [0.1, 0.15) is 12.2 Å². The largest absolute Gasteiger partial charge is 0.406 e. The maximum absolute atomic E-state index is 12.2. The van der Waals surface area contributed by atoms with Crippen LogP contribution in [0.5, 0.6) is 0 Å². The van der Waals surface area contributed by atoms with Crippen molar-refractivity contribution in [3.05, 3.63) is 24.0 Å². The van der Waals surface area contributed by atoms with Crippen LogP contribution in [-0.4, -0.2) is 46.9 Å². The zero-order valence-corrected chi connectivity index (χ0v) is 9.24. The lowest BCUT2D eigenvalue weighted by Crippen LogP contribution is -2.32. The van der Waals surface area contributed by atoms with E-state index in [1.807, 2.05) is 0 Å². The van der Waals surface area contributed by atoms with Crippen LogP contribution in [0.25, 0.3) is 0 Å². The topological polar surface area (TPSA) is 45.5 Å². The molecule has 1 heterocycles. The van der Waals surface area contributed by atoms with Gasteiger partial charge in [0.05, 0.1) is 6.61 Å². The molecule has 0 unspecified atom stereocenters. The fourth-order valence-corrected chi connectivity index (χ4v) is 1.39. The maximum atomic E-state index is 12.2. The van der Waals surface area contributed by atoms with Gasteiger partial charge in [-0.05, 0) is 12.1 Å². The number of aliphatic hydroxyl groups is 1. The number of hydrogen-bond acceptors (Lipinski definition) is 2. The van der Waals surface area contributed by atoms with Crippen LogP contribution in [0, 0.1) is 0 Å². The monoisotopic (exact) mass is 250 g/mol. The minimum Gasteiger partial charge on any atom is -0.395 e. The Morgan fingerprint density at radius 3 is 2.71 bits per heavy atom. The van der Waals surface area contributed by atoms with E-state index in [0.29, 0.717) is 0 Å². The smallest absolute Gasteiger partial charge is 0.395 e. The summed E-state index contributed by atoms with van der Waals surface area (Å²) in [5.74, 6) is -0.548. The van der Waals surface area contributed by atoms with Crippen molar-refractivity contribution in [1.29, 1.82) is 0 Å². The van der Waals surface area contributed by atoms with Crippen LogP contribution in [0.2, 0.25) is 0 Å². The molecule has 1 rings (SSSR count). The van der Waals surface area contributed by atoms with E-state index in [1.54, 1.807) is 0 Å². The lowest BCUT2D eigenvalue weighted by Gasteiger charge is -2.17. The zero-order valence-electron chi connectivity index (χ0n) is 9.24. The molecule has 0 atom stereocenters. The molecule has 0 aromatic carbocycles. The first kappa shape index (κ1) is 13.6. The molecule has 0 fully saturated rings. The van der Waals surface area contributed by atoms with Gasteiger partial charge in [-0.2, -0.15) is 13.2 Å². The minimum atomic E-state index is -4.37. The van der Waals surface area contributed by atoms with Crippen LogP contribution in [-0.2, 0) is 6.54 Å². The average Bonchev–Trinajstić information content (AvgIpc) is 2.62. The highest BCUT2D eigenvalue weighted by Gasteiger charge is 2.29. The molecule has 0 aliphatic rings. The number of likely N-dealkylation sites (N-methyl/N-ethyl adjacent to an activating group) is 1. The Morgan fingerprint density at radius 2 is 2.18 bits per heavy atom. The number of aliphatic hydroxyl groups excluding tert-OH is 1. The average molecular weight is 250 g/mol. The summed E-state index contributed by atoms with van der Waals surface area (Å²) in [4.78, 5) is 12.9. The van der Waals surface area contributed by atoms with Crippen molar-refractivity contribution in [3.63, 3.8) is 0 Å². The molecule has 1 aromatic heterocycles. The normalized spacial score (nSPS) is 11.6. The number of aromatic nitrogens is 1. The second-order valence-corrected chi connectivity index (χ2v) is 3.59. The Morgan fingerprint density at radius 1 is 1.53 bits per heavy atom. The Bertz CT molecular complexity index is 387. The number of halogens is 3. The highest BCUT2D eigenvalue weighted by atomic mass is 19.4. The molecule has 0 saturated carbocycles. The molecular formula is C10H13F3N2O2. The zero-order chi connectivity index (χ0) is 13.1. The van der Waals surface area contributed by atoms with Crippen LogP contribution in [0.15, 0.2) is 18.3 Å². The third-order valence-corrected chi connectivity index (χ3v) is 2.18. The van der Waals surface area contributed by atoms with Crippen LogP contribution in [0.3, 0.4) is 0 Å². The lowest BCUT2D eigenvalue weighted by molar-refractivity contribution is -0.140. The first-order valence-corrected chi connectivity index (χ1v) is 4.93. The second kappa shape index (κ2) is 5.22. The highest BCUT2D eigenvalue weighted by molar-refractivity contribution is 5.92. The van der Waals surface area contributed by atoms with Gasteiger partial charge in [0.2, 0.25) is 0 Å². The SMILES string of the molecule is CN(CCO)C(=O)c1cccn1CC(F)(F)F. The summed E-state index contributed by atoms with van der Waals surface area (Å²) in [7, 11) is 1.42. The molecule has 1 aromatic rings. The molecule has 0 radical (unpaired) electrons. The van der Waals surface area contributed by atoms with Crippen molar-refractivity contribution in [2.24, 2.45) is 0 Å². The van der Waals surface area contributed by atoms with Gasteiger partial charge in [-0.3, -0.25) is 4.79 Å². The van der Waals surface area contributed by atoms with Crippen molar-refractivity contribution in [2.75, 3.05) is 20.2 Å². The molecular weight excluding hydrogens is 237 g/mol. The molecule has 17 heavy (non-hydrogen) atoms. The van der Waals surface area contributed by atoms with Crippen molar-refractivity contribution >= 4 is 5.91 Å². The number of carbonyl (C=O) groups is 1. The first-order valence-electron chi connectivity index (χ1n) is 4.93. The van der Waals surface area contributed by atoms with Gasteiger partial charge >= 0.3 is 6.18 Å². The van der Waals surface area contributed by atoms with Crippen LogP contribution in [0.4, 0.5) is 13.2 Å². The lowest BCUT2D eigenvalue weighted by atomic mass is 10.3. The molecule has 1 amide bonds. The summed E-state index contributed by atoms with van der Waals surface area (Å²) >= 11 is 0. The van der Waals surface area contributed by atoms with Crippen molar-refractivity contribution < 1.29 is 23.1 Å². The van der Waals surface area contributed by atoms with Gasteiger partial charge in [-0.25, -0.2) is 0 Å². The molecule has 1 N–H and O–H groups in total. The van der Waals surface area contributed by atoms with Gasteiger partial charge in [-0.15, -0.1) is 0 Å². The molecule has 0 saturated heterocycles. The van der Waals surface area contributed by atoms with E-state index >= 15 is 0 Å². The molecule has 4 nitrogen and oxygen atoms in total. The van der Waals surface area contributed by atoms with E-state index in [4.69, 9.17) is 5.11 Å². The van der Waals surface area contributed by atoms with Gasteiger partial charge in [-0.1, -0.05) is 0 Å². The van der Waals surface area contributed by atoms with E-state index in [-0.39, 0.29) is 18.8 Å². The van der Waals surface area contributed by atoms with E-state index in [0.717, 1.165) is 4.57 Å². The van der Waals surface area contributed by atoms with Gasteiger partial charge in [0.15, 0.2) is 0 Å². The standard InChI is InChI=1S/C10H13F3N2O2/c1-14(5-6-16)9(17)8-3-2-4-15(8)7-10(11,12)13/h2-4,16H,5-7H2,1H3. The van der Waals surface area contributed by atoms with Crippen LogP contribution in [0.1, 0.15) is 10.5 Å². The molecule has 96 valence electrons. The molecule has 0 aliphatic heterocycles. The predicted molar refractivity (Wildman–Crippen MR) is 54.5 cm³/mol. The Kier molecular flexibility index (Phi) is 4.17. The van der Waals surface area contributed by atoms with Crippen molar-refractivity contribution in [2.45, 2.75) is 12.7 Å². The molecule has 0 spiro atoms. The summed E-state index contributed by atoms with van der Waals surface area (Å²) in [5, 5.41) is 8.66. The molecule has 7 heteroatoms. The van der Waals surface area contributed by atoms with E-state index in [9.17, 15) is 18.0 Å². The quantitative estimate of drug-likeness (QED) is 0.870. The van der Waals surface area contributed by atoms with Crippen LogP contribution >= 0.6 is 0 Å². The predicted octanol–water partition coefficient (Wildman–Crippen LogP) is 1.11. The van der Waals surface area contributed by atoms with Crippen molar-refractivity contribution in [1.82, 2.24) is 9.47 Å². The minimum absolute atomic E-state index is 0.0433. The highest BCUT2D eigenvalue weighted by Crippen LogP contribution is 2.19. The third-order valence-electron chi connectivity index (χ3n) is 2.18. The molecule has 0 bridgehead atoms. The fourth-order valence-electron chi connectivity index (χ4n) is 1.39. The third kappa shape index (κ3) is 3.77. The number of nitrogens with zero attached hydrogens (tertiary/aromatic N) is 2. The first-order chi connectivity index (χ1) is 7.85. The number of amides is 1. The summed E-state index contributed by atoms with van der Waals surface area (Å²) in [5.41, 5.74) is -0.0433. The Labute approximate surface area is 96.3 Å². The number of alkyl halides is 3. The number of rotatable bonds is 4. The Hall–Kier alpha value is -1.50. The van der Waals surface area contributed by atoms with Crippen molar-refractivity contribution in [3.8, 4) is 0 Å². The Balaban J connectivity index is 2.85.